The van der Waals surface area contributed by atoms with Gasteiger partial charge in [0, 0.05) is 24.0 Å². The molecule has 0 saturated carbocycles. The number of rotatable bonds is 5. The van der Waals surface area contributed by atoms with Crippen LogP contribution in [-0.2, 0) is 6.54 Å². The first-order valence-corrected chi connectivity index (χ1v) is 7.57. The van der Waals surface area contributed by atoms with E-state index in [2.05, 4.69) is 30.7 Å². The standard InChI is InChI=1S/C15H21N3OS/c1-9(2)16-6-10(3)7-18-8-17-14-13(15(18)19)11(4)12(5)20-14/h8-9,16H,3,6-7H2,1-2,4-5H3. The van der Waals surface area contributed by atoms with E-state index < -0.39 is 0 Å². The van der Waals surface area contributed by atoms with Crippen LogP contribution in [0.2, 0.25) is 0 Å². The summed E-state index contributed by atoms with van der Waals surface area (Å²) in [6.45, 7) is 13.4. The van der Waals surface area contributed by atoms with Crippen LogP contribution in [0, 0.1) is 13.8 Å². The van der Waals surface area contributed by atoms with Crippen molar-refractivity contribution in [2.75, 3.05) is 6.54 Å². The van der Waals surface area contributed by atoms with Crippen molar-refractivity contribution in [2.24, 2.45) is 0 Å². The fourth-order valence-corrected chi connectivity index (χ4v) is 3.02. The van der Waals surface area contributed by atoms with Crippen molar-refractivity contribution in [3.05, 3.63) is 39.3 Å². The Balaban J connectivity index is 2.27. The third-order valence-corrected chi connectivity index (χ3v) is 4.43. The Morgan fingerprint density at radius 2 is 2.20 bits per heavy atom. The number of fused-ring (bicyclic) bond motifs is 1. The van der Waals surface area contributed by atoms with Crippen molar-refractivity contribution in [3.63, 3.8) is 0 Å². The van der Waals surface area contributed by atoms with E-state index in [1.807, 2.05) is 13.8 Å². The third-order valence-electron chi connectivity index (χ3n) is 3.31. The van der Waals surface area contributed by atoms with Gasteiger partial charge in [-0.15, -0.1) is 11.3 Å². The van der Waals surface area contributed by atoms with Crippen molar-refractivity contribution < 1.29 is 0 Å². The van der Waals surface area contributed by atoms with Gasteiger partial charge < -0.3 is 5.32 Å². The average Bonchev–Trinajstić information content (AvgIpc) is 2.67. The molecule has 0 bridgehead atoms. The molecule has 5 heteroatoms. The van der Waals surface area contributed by atoms with Gasteiger partial charge in [-0.1, -0.05) is 20.4 Å². The summed E-state index contributed by atoms with van der Waals surface area (Å²) >= 11 is 1.58. The second-order valence-corrected chi connectivity index (χ2v) is 6.63. The van der Waals surface area contributed by atoms with E-state index >= 15 is 0 Å². The smallest absolute Gasteiger partial charge is 0.262 e. The lowest BCUT2D eigenvalue weighted by molar-refractivity contribution is 0.599. The van der Waals surface area contributed by atoms with Crippen LogP contribution in [0.25, 0.3) is 10.2 Å². The van der Waals surface area contributed by atoms with E-state index in [1.165, 1.54) is 0 Å². The van der Waals surface area contributed by atoms with Gasteiger partial charge in [0.2, 0.25) is 0 Å². The van der Waals surface area contributed by atoms with Gasteiger partial charge in [-0.05, 0) is 25.0 Å². The molecule has 0 unspecified atom stereocenters. The summed E-state index contributed by atoms with van der Waals surface area (Å²) in [5.41, 5.74) is 2.05. The number of hydrogen-bond acceptors (Lipinski definition) is 4. The van der Waals surface area contributed by atoms with E-state index in [1.54, 1.807) is 22.2 Å². The minimum atomic E-state index is 0.0301. The number of aryl methyl sites for hydroxylation is 2. The van der Waals surface area contributed by atoms with Crippen molar-refractivity contribution >= 4 is 21.6 Å². The molecule has 0 aliphatic rings. The molecule has 0 aliphatic carbocycles. The first-order valence-electron chi connectivity index (χ1n) is 6.75. The summed E-state index contributed by atoms with van der Waals surface area (Å²) in [7, 11) is 0. The lowest BCUT2D eigenvalue weighted by atomic mass is 10.2. The fraction of sp³-hybridized carbons (Fsp3) is 0.467. The highest BCUT2D eigenvalue weighted by atomic mass is 32.1. The highest BCUT2D eigenvalue weighted by Crippen LogP contribution is 2.25. The van der Waals surface area contributed by atoms with Crippen molar-refractivity contribution in [3.8, 4) is 0 Å². The molecule has 0 aliphatic heterocycles. The molecule has 0 aromatic carbocycles. The van der Waals surface area contributed by atoms with Gasteiger partial charge in [-0.25, -0.2) is 4.98 Å². The molecule has 2 heterocycles. The largest absolute Gasteiger partial charge is 0.311 e. The Hall–Kier alpha value is -1.46. The summed E-state index contributed by atoms with van der Waals surface area (Å²) in [5.74, 6) is 0. The molecule has 0 atom stereocenters. The topological polar surface area (TPSA) is 46.9 Å². The molecular weight excluding hydrogens is 270 g/mol. The molecule has 0 fully saturated rings. The molecule has 2 rings (SSSR count). The molecule has 0 saturated heterocycles. The lowest BCUT2D eigenvalue weighted by Gasteiger charge is -2.11. The zero-order valence-corrected chi connectivity index (χ0v) is 13.3. The highest BCUT2D eigenvalue weighted by molar-refractivity contribution is 7.18. The first-order chi connectivity index (χ1) is 9.40. The molecule has 1 N–H and O–H groups in total. The van der Waals surface area contributed by atoms with Crippen LogP contribution < -0.4 is 10.9 Å². The summed E-state index contributed by atoms with van der Waals surface area (Å²) < 4.78 is 1.64. The maximum atomic E-state index is 12.5. The monoisotopic (exact) mass is 291 g/mol. The van der Waals surface area contributed by atoms with E-state index in [0.717, 1.165) is 26.2 Å². The Bertz CT molecular complexity index is 697. The predicted molar refractivity (Wildman–Crippen MR) is 85.6 cm³/mol. The highest BCUT2D eigenvalue weighted by Gasteiger charge is 2.12. The van der Waals surface area contributed by atoms with Gasteiger partial charge in [-0.2, -0.15) is 0 Å². The molecule has 0 spiro atoms. The molecule has 0 amide bonds. The Kier molecular flexibility index (Phi) is 4.40. The minimum absolute atomic E-state index is 0.0301. The van der Waals surface area contributed by atoms with E-state index in [0.29, 0.717) is 19.1 Å². The van der Waals surface area contributed by atoms with E-state index in [9.17, 15) is 4.79 Å². The van der Waals surface area contributed by atoms with Crippen LogP contribution in [-0.4, -0.2) is 22.1 Å². The van der Waals surface area contributed by atoms with E-state index in [4.69, 9.17) is 0 Å². The van der Waals surface area contributed by atoms with Gasteiger partial charge in [0.05, 0.1) is 11.7 Å². The molecule has 2 aromatic heterocycles. The third kappa shape index (κ3) is 2.99. The van der Waals surface area contributed by atoms with Crippen molar-refractivity contribution in [2.45, 2.75) is 40.3 Å². The minimum Gasteiger partial charge on any atom is -0.311 e. The zero-order valence-electron chi connectivity index (χ0n) is 12.5. The van der Waals surface area contributed by atoms with Crippen LogP contribution in [0.5, 0.6) is 0 Å². The fourth-order valence-electron chi connectivity index (χ4n) is 2.03. The summed E-state index contributed by atoms with van der Waals surface area (Å²) in [5, 5.41) is 4.05. The quantitative estimate of drug-likeness (QED) is 0.861. The molecule has 2 aromatic rings. The lowest BCUT2D eigenvalue weighted by Crippen LogP contribution is -2.28. The van der Waals surface area contributed by atoms with Crippen molar-refractivity contribution in [1.82, 2.24) is 14.9 Å². The van der Waals surface area contributed by atoms with Crippen LogP contribution >= 0.6 is 11.3 Å². The molecule has 4 nitrogen and oxygen atoms in total. The SMILES string of the molecule is C=C(CNC(C)C)Cn1cnc2sc(C)c(C)c2c1=O. The van der Waals surface area contributed by atoms with Crippen LogP contribution in [0.15, 0.2) is 23.3 Å². The van der Waals surface area contributed by atoms with Crippen LogP contribution in [0.4, 0.5) is 0 Å². The second-order valence-electron chi connectivity index (χ2n) is 5.43. The van der Waals surface area contributed by atoms with Gasteiger partial charge in [-0.3, -0.25) is 9.36 Å². The maximum absolute atomic E-state index is 12.5. The summed E-state index contributed by atoms with van der Waals surface area (Å²) in [6, 6.07) is 0.408. The molecule has 20 heavy (non-hydrogen) atoms. The number of nitrogens with zero attached hydrogens (tertiary/aromatic N) is 2. The average molecular weight is 291 g/mol. The van der Waals surface area contributed by atoms with Crippen molar-refractivity contribution in [1.29, 1.82) is 0 Å². The van der Waals surface area contributed by atoms with E-state index in [-0.39, 0.29) is 5.56 Å². The normalized spacial score (nSPS) is 11.4. The maximum Gasteiger partial charge on any atom is 0.262 e. The molecule has 108 valence electrons. The Morgan fingerprint density at radius 3 is 2.85 bits per heavy atom. The van der Waals surface area contributed by atoms with Crippen LogP contribution in [0.1, 0.15) is 24.3 Å². The Labute approximate surface area is 123 Å². The Morgan fingerprint density at radius 1 is 1.50 bits per heavy atom. The molecule has 0 radical (unpaired) electrons. The number of nitrogens with one attached hydrogen (secondary N) is 1. The van der Waals surface area contributed by atoms with Gasteiger partial charge in [0.15, 0.2) is 0 Å². The van der Waals surface area contributed by atoms with Gasteiger partial charge >= 0.3 is 0 Å². The zero-order chi connectivity index (χ0) is 14.9. The van der Waals surface area contributed by atoms with Gasteiger partial charge in [0.1, 0.15) is 4.83 Å². The predicted octanol–water partition coefficient (Wildman–Crippen LogP) is 2.63. The molecular formula is C15H21N3OS. The summed E-state index contributed by atoms with van der Waals surface area (Å²) in [4.78, 5) is 18.9. The second kappa shape index (κ2) is 5.89. The van der Waals surface area contributed by atoms with Gasteiger partial charge in [0.25, 0.3) is 5.56 Å². The van der Waals surface area contributed by atoms with Crippen LogP contribution in [0.3, 0.4) is 0 Å². The number of hydrogen-bond donors (Lipinski definition) is 1. The first kappa shape index (κ1) is 14.9. The number of thiophene rings is 1. The number of aromatic nitrogens is 2. The summed E-state index contributed by atoms with van der Waals surface area (Å²) in [6.07, 6.45) is 1.63.